The van der Waals surface area contributed by atoms with Crippen LogP contribution in [-0.2, 0) is 4.79 Å². The lowest BCUT2D eigenvalue weighted by atomic mass is 10.7. The maximum absolute atomic E-state index is 10.2. The third kappa shape index (κ3) is 3.07. The number of hydrogen-bond acceptors (Lipinski definition) is 1. The fourth-order valence-corrected chi connectivity index (χ4v) is 0.672. The van der Waals surface area contributed by atoms with Gasteiger partial charge in [0.25, 0.3) is 0 Å². The van der Waals surface area contributed by atoms with Crippen LogP contribution in [0.15, 0.2) is 8.97 Å². The molecule has 0 unspecified atom stereocenters. The number of carbonyl (C=O) groups is 1. The van der Waals surface area contributed by atoms with Crippen molar-refractivity contribution in [2.75, 3.05) is 0 Å². The largest absolute Gasteiger partial charge is 0.280 e. The van der Waals surface area contributed by atoms with Gasteiger partial charge in [0.2, 0.25) is 4.69 Å². The Labute approximate surface area is 73.3 Å². The van der Waals surface area contributed by atoms with E-state index < -0.39 is 0 Å². The van der Waals surface area contributed by atoms with Gasteiger partial charge in [-0.2, -0.15) is 0 Å². The van der Waals surface area contributed by atoms with Gasteiger partial charge in [-0.25, -0.2) is 0 Å². The summed E-state index contributed by atoms with van der Waals surface area (Å²) in [6.45, 7) is 0. The Morgan fingerprint density at radius 2 is 1.62 bits per heavy atom. The van der Waals surface area contributed by atoms with Gasteiger partial charge in [0.05, 0.1) is 0 Å². The van der Waals surface area contributed by atoms with Crippen LogP contribution in [0.25, 0.3) is 0 Å². The summed E-state index contributed by atoms with van der Waals surface area (Å²) in [4.78, 5) is 10.2. The monoisotopic (exact) mass is 280 g/mol. The summed E-state index contributed by atoms with van der Waals surface area (Å²) in [6, 6.07) is 0. The third-order valence-corrected chi connectivity index (χ3v) is 2.86. The third-order valence-electron chi connectivity index (χ3n) is 0.338. The lowest BCUT2D eigenvalue weighted by molar-refractivity contribution is -0.106. The molecule has 0 aromatic heterocycles. The number of hydrogen-bond donors (Lipinski definition) is 0. The highest BCUT2D eigenvalue weighted by Gasteiger charge is 2.03. The molecule has 0 radical (unpaired) electrons. The quantitative estimate of drug-likeness (QED) is 0.534. The average molecular weight is 283 g/mol. The second-order valence-corrected chi connectivity index (χ2v) is 3.31. The Bertz CT molecular complexity index is 138. The Morgan fingerprint density at radius 1 is 1.25 bits per heavy atom. The van der Waals surface area contributed by atoms with E-state index >= 15 is 0 Å². The maximum atomic E-state index is 10.2. The molecule has 0 aromatic rings. The smallest absolute Gasteiger partial charge is 0.237 e. The standard InChI is InChI=1S/C3Br2Cl2O/c4-1(2(5)8)3(6)7. The van der Waals surface area contributed by atoms with Crippen LogP contribution in [0.2, 0.25) is 0 Å². The zero-order chi connectivity index (χ0) is 6.73. The molecule has 0 aliphatic heterocycles. The van der Waals surface area contributed by atoms with E-state index in [2.05, 4.69) is 31.9 Å². The van der Waals surface area contributed by atoms with Gasteiger partial charge in [0.15, 0.2) is 0 Å². The lowest BCUT2D eigenvalue weighted by Crippen LogP contribution is -1.81. The Hall–Kier alpha value is 0.950. The fraction of sp³-hybridized carbons (Fsp3) is 0. The first-order valence-corrected chi connectivity index (χ1v) is 3.80. The molecule has 0 saturated heterocycles. The molecule has 0 atom stereocenters. The molecule has 0 saturated carbocycles. The van der Waals surface area contributed by atoms with Crippen molar-refractivity contribution in [2.24, 2.45) is 0 Å². The second kappa shape index (κ2) is 3.88. The highest BCUT2D eigenvalue weighted by atomic mass is 79.9. The van der Waals surface area contributed by atoms with Crippen molar-refractivity contribution in [1.29, 1.82) is 0 Å². The number of halogens is 4. The molecule has 0 bridgehead atoms. The first kappa shape index (κ1) is 8.95. The molecule has 0 fully saturated rings. The Morgan fingerprint density at radius 3 is 1.62 bits per heavy atom. The van der Waals surface area contributed by atoms with Crippen molar-refractivity contribution in [3.8, 4) is 0 Å². The van der Waals surface area contributed by atoms with Gasteiger partial charge in [0, 0.05) is 0 Å². The Kier molecular flexibility index (Phi) is 4.34. The fourth-order valence-electron chi connectivity index (χ4n) is 0.0743. The molecule has 0 spiro atoms. The predicted molar refractivity (Wildman–Crippen MR) is 41.6 cm³/mol. The zero-order valence-electron chi connectivity index (χ0n) is 3.42. The van der Waals surface area contributed by atoms with Crippen molar-refractivity contribution in [2.45, 2.75) is 0 Å². The summed E-state index contributed by atoms with van der Waals surface area (Å²) in [7, 11) is 0. The molecule has 46 valence electrons. The summed E-state index contributed by atoms with van der Waals surface area (Å²) in [5, 5.41) is 0. The molecule has 8 heavy (non-hydrogen) atoms. The van der Waals surface area contributed by atoms with E-state index in [1.54, 1.807) is 0 Å². The van der Waals surface area contributed by atoms with Gasteiger partial charge in [-0.05, 0) is 31.9 Å². The first-order valence-electron chi connectivity index (χ1n) is 1.46. The van der Waals surface area contributed by atoms with E-state index in [0.29, 0.717) is 0 Å². The lowest BCUT2D eigenvalue weighted by Gasteiger charge is -1.85. The second-order valence-electron chi connectivity index (χ2n) is 0.848. The minimum atomic E-state index is -0.363. The minimum Gasteiger partial charge on any atom is -0.280 e. The molecule has 1 nitrogen and oxygen atoms in total. The molecule has 0 aliphatic rings. The number of rotatable bonds is 1. The van der Waals surface area contributed by atoms with Gasteiger partial charge >= 0.3 is 0 Å². The predicted octanol–water partition coefficient (Wildman–Crippen LogP) is 2.95. The highest BCUT2D eigenvalue weighted by Crippen LogP contribution is 2.21. The summed E-state index contributed by atoms with van der Waals surface area (Å²) in [5.41, 5.74) is 0. The molecule has 0 heterocycles. The average Bonchev–Trinajstić information content (AvgIpc) is 1.64. The summed E-state index contributed by atoms with van der Waals surface area (Å²) in [6.07, 6.45) is 0. The summed E-state index contributed by atoms with van der Waals surface area (Å²) < 4.78 is -0.301. The van der Waals surface area contributed by atoms with E-state index in [4.69, 9.17) is 23.2 Å². The van der Waals surface area contributed by atoms with E-state index in [1.807, 2.05) is 0 Å². The molecule has 5 heteroatoms. The summed E-state index contributed by atoms with van der Waals surface area (Å²) in [5.74, 6) is 0. The van der Waals surface area contributed by atoms with Gasteiger partial charge in [-0.3, -0.25) is 4.79 Å². The maximum Gasteiger partial charge on any atom is 0.237 e. The van der Waals surface area contributed by atoms with Crippen molar-refractivity contribution in [1.82, 2.24) is 0 Å². The van der Waals surface area contributed by atoms with Gasteiger partial charge in [-0.15, -0.1) is 0 Å². The minimum absolute atomic E-state index is 0.0770. The van der Waals surface area contributed by atoms with Crippen LogP contribution in [0.5, 0.6) is 0 Å². The van der Waals surface area contributed by atoms with Crippen LogP contribution in [0.3, 0.4) is 0 Å². The molecular formula is C3Br2Cl2O. The van der Waals surface area contributed by atoms with Crippen molar-refractivity contribution < 1.29 is 4.79 Å². The first-order chi connectivity index (χ1) is 3.55. The van der Waals surface area contributed by atoms with Gasteiger partial charge in [0.1, 0.15) is 8.97 Å². The SMILES string of the molecule is O=C(Br)C(Br)=C(Cl)Cl. The molecule has 0 aliphatic carbocycles. The van der Waals surface area contributed by atoms with E-state index in [0.717, 1.165) is 0 Å². The normalized spacial score (nSPS) is 8.50. The summed E-state index contributed by atoms with van der Waals surface area (Å²) >= 11 is 15.8. The van der Waals surface area contributed by atoms with Crippen molar-refractivity contribution >= 4 is 59.8 Å². The van der Waals surface area contributed by atoms with Crippen LogP contribution in [0.4, 0.5) is 0 Å². The molecule has 0 aromatic carbocycles. The van der Waals surface area contributed by atoms with Crippen LogP contribution in [0, 0.1) is 0 Å². The molecule has 0 amide bonds. The molecule has 0 N–H and O–H groups in total. The van der Waals surface area contributed by atoms with Crippen molar-refractivity contribution in [3.63, 3.8) is 0 Å². The zero-order valence-corrected chi connectivity index (χ0v) is 8.10. The van der Waals surface area contributed by atoms with Gasteiger partial charge in [-0.1, -0.05) is 23.2 Å². The van der Waals surface area contributed by atoms with E-state index in [-0.39, 0.29) is 13.7 Å². The molecular weight excluding hydrogens is 283 g/mol. The van der Waals surface area contributed by atoms with Gasteiger partial charge < -0.3 is 0 Å². The van der Waals surface area contributed by atoms with E-state index in [1.165, 1.54) is 0 Å². The van der Waals surface area contributed by atoms with E-state index in [9.17, 15) is 4.79 Å². The number of allylic oxidation sites excluding steroid dienone is 1. The topological polar surface area (TPSA) is 17.1 Å². The van der Waals surface area contributed by atoms with Crippen LogP contribution in [0.1, 0.15) is 0 Å². The highest BCUT2D eigenvalue weighted by molar-refractivity contribution is 9.20. The molecule has 0 rings (SSSR count). The van der Waals surface area contributed by atoms with Crippen LogP contribution < -0.4 is 0 Å². The van der Waals surface area contributed by atoms with Crippen LogP contribution in [-0.4, -0.2) is 4.69 Å². The van der Waals surface area contributed by atoms with Crippen molar-refractivity contribution in [3.05, 3.63) is 8.97 Å². The number of carbonyl (C=O) groups excluding carboxylic acids is 1. The Balaban J connectivity index is 4.23. The van der Waals surface area contributed by atoms with Crippen LogP contribution >= 0.6 is 55.1 Å².